The largest absolute Gasteiger partial charge is 0.354 e. The minimum absolute atomic E-state index is 0.0316. The summed E-state index contributed by atoms with van der Waals surface area (Å²) in [6.45, 7) is 5.52. The molecule has 0 fully saturated rings. The summed E-state index contributed by atoms with van der Waals surface area (Å²) in [4.78, 5) is 28.8. The average Bonchev–Trinajstić information content (AvgIpc) is 2.94. The van der Waals surface area contributed by atoms with Gasteiger partial charge in [-0.2, -0.15) is 0 Å². The third kappa shape index (κ3) is 7.56. The Morgan fingerprint density at radius 2 is 1.55 bits per heavy atom. The number of hydrogen-bond acceptors (Lipinski definition) is 4. The van der Waals surface area contributed by atoms with Gasteiger partial charge < -0.3 is 10.2 Å². The first kappa shape index (κ1) is 31.5. The van der Waals surface area contributed by atoms with Gasteiger partial charge in [0.05, 0.1) is 10.6 Å². The van der Waals surface area contributed by atoms with Crippen LogP contribution >= 0.6 is 23.2 Å². The van der Waals surface area contributed by atoms with E-state index in [-0.39, 0.29) is 23.0 Å². The van der Waals surface area contributed by atoms with Gasteiger partial charge in [0.1, 0.15) is 12.6 Å². The first-order chi connectivity index (χ1) is 19.1. The van der Waals surface area contributed by atoms with E-state index in [1.165, 1.54) is 17.0 Å². The number of nitrogens with one attached hydrogen (secondary N) is 1. The van der Waals surface area contributed by atoms with Gasteiger partial charge in [-0.3, -0.25) is 13.9 Å². The summed E-state index contributed by atoms with van der Waals surface area (Å²) in [6, 6.07) is 19.1. The van der Waals surface area contributed by atoms with Crippen molar-refractivity contribution in [3.05, 3.63) is 94.0 Å². The molecule has 0 saturated carbocycles. The van der Waals surface area contributed by atoms with Crippen LogP contribution in [0.5, 0.6) is 0 Å². The summed E-state index contributed by atoms with van der Waals surface area (Å²) in [6.07, 6.45) is 2.04. The molecule has 40 heavy (non-hydrogen) atoms. The van der Waals surface area contributed by atoms with Crippen LogP contribution in [-0.4, -0.2) is 44.3 Å². The first-order valence-electron chi connectivity index (χ1n) is 13.2. The lowest BCUT2D eigenvalue weighted by atomic mass is 10.1. The third-order valence-electron chi connectivity index (χ3n) is 6.63. The zero-order valence-electron chi connectivity index (χ0n) is 22.9. The number of unbranched alkanes of at least 4 members (excludes halogenated alkanes) is 1. The predicted octanol–water partition coefficient (Wildman–Crippen LogP) is 6.22. The highest BCUT2D eigenvalue weighted by molar-refractivity contribution is 7.92. The van der Waals surface area contributed by atoms with Crippen LogP contribution in [0.2, 0.25) is 10.0 Å². The third-order valence-corrected chi connectivity index (χ3v) is 9.18. The van der Waals surface area contributed by atoms with Gasteiger partial charge in [0.25, 0.3) is 10.0 Å². The van der Waals surface area contributed by atoms with E-state index in [9.17, 15) is 18.0 Å². The fourth-order valence-electron chi connectivity index (χ4n) is 4.34. The van der Waals surface area contributed by atoms with Crippen LogP contribution in [0.4, 0.5) is 5.69 Å². The lowest BCUT2D eigenvalue weighted by molar-refractivity contribution is -0.140. The first-order valence-corrected chi connectivity index (χ1v) is 15.4. The van der Waals surface area contributed by atoms with Crippen LogP contribution in [0.25, 0.3) is 0 Å². The summed E-state index contributed by atoms with van der Waals surface area (Å²) in [5, 5.41) is 3.73. The average molecular weight is 605 g/mol. The van der Waals surface area contributed by atoms with Gasteiger partial charge in [0, 0.05) is 23.1 Å². The molecular formula is C30H35Cl2N3O4S. The number of anilines is 1. The summed E-state index contributed by atoms with van der Waals surface area (Å²) in [7, 11) is -4.17. The molecule has 3 aromatic carbocycles. The maximum atomic E-state index is 14.1. The standard InChI is InChI=1S/C30H35Cl2N3O4S/c1-4-6-19-33-30(37)27(5-2)34(20-23-13-10-11-16-26(23)32)29(36)21-35(28-18-12-17-25(31)22(28)3)40(38,39)24-14-8-7-9-15-24/h7-18,27H,4-6,19-21H2,1-3H3,(H,33,37)/t27-/m1/s1. The van der Waals surface area contributed by atoms with Crippen molar-refractivity contribution in [3.8, 4) is 0 Å². The van der Waals surface area contributed by atoms with Gasteiger partial charge >= 0.3 is 0 Å². The Bertz CT molecular complexity index is 1420. The number of carbonyl (C=O) groups excluding carboxylic acids is 2. The van der Waals surface area contributed by atoms with Crippen molar-refractivity contribution in [2.24, 2.45) is 0 Å². The highest BCUT2D eigenvalue weighted by Gasteiger charge is 2.34. The molecule has 0 aliphatic carbocycles. The number of rotatable bonds is 13. The van der Waals surface area contributed by atoms with Crippen molar-refractivity contribution in [1.29, 1.82) is 0 Å². The number of sulfonamides is 1. The molecule has 3 rings (SSSR count). The summed E-state index contributed by atoms with van der Waals surface area (Å²) in [5.41, 5.74) is 1.44. The maximum absolute atomic E-state index is 14.1. The Morgan fingerprint density at radius 3 is 2.20 bits per heavy atom. The molecule has 0 radical (unpaired) electrons. The Kier molecular flexibility index (Phi) is 11.4. The topological polar surface area (TPSA) is 86.8 Å². The Morgan fingerprint density at radius 1 is 0.900 bits per heavy atom. The number of benzene rings is 3. The molecule has 0 unspecified atom stereocenters. The Hall–Kier alpha value is -3.07. The monoisotopic (exact) mass is 603 g/mol. The highest BCUT2D eigenvalue weighted by atomic mass is 35.5. The molecule has 0 heterocycles. The number of halogens is 2. The molecule has 1 N–H and O–H groups in total. The smallest absolute Gasteiger partial charge is 0.264 e. The molecular weight excluding hydrogens is 569 g/mol. The molecule has 0 aliphatic heterocycles. The minimum Gasteiger partial charge on any atom is -0.354 e. The van der Waals surface area contributed by atoms with Crippen LogP contribution in [0, 0.1) is 6.92 Å². The van der Waals surface area contributed by atoms with Crippen LogP contribution < -0.4 is 9.62 Å². The van der Waals surface area contributed by atoms with Gasteiger partial charge in [-0.25, -0.2) is 8.42 Å². The molecule has 1 atom stereocenters. The van der Waals surface area contributed by atoms with Crippen LogP contribution in [0.1, 0.15) is 44.2 Å². The number of carbonyl (C=O) groups is 2. The predicted molar refractivity (Wildman–Crippen MR) is 161 cm³/mol. The van der Waals surface area contributed by atoms with E-state index < -0.39 is 28.5 Å². The van der Waals surface area contributed by atoms with E-state index in [1.807, 2.05) is 13.8 Å². The molecule has 10 heteroatoms. The van der Waals surface area contributed by atoms with E-state index in [0.29, 0.717) is 34.1 Å². The van der Waals surface area contributed by atoms with Crippen molar-refractivity contribution in [2.45, 2.75) is 57.5 Å². The second kappa shape index (κ2) is 14.5. The number of hydrogen-bond donors (Lipinski definition) is 1. The molecule has 0 aromatic heterocycles. The summed E-state index contributed by atoms with van der Waals surface area (Å²) in [5.74, 6) is -0.843. The molecule has 214 valence electrons. The Balaban J connectivity index is 2.08. The zero-order chi connectivity index (χ0) is 29.3. The molecule has 2 amide bonds. The van der Waals surface area contributed by atoms with Gasteiger partial charge in [0.15, 0.2) is 0 Å². The molecule has 0 bridgehead atoms. The molecule has 7 nitrogen and oxygen atoms in total. The van der Waals surface area contributed by atoms with Crippen LogP contribution in [0.15, 0.2) is 77.7 Å². The lowest BCUT2D eigenvalue weighted by Gasteiger charge is -2.33. The van der Waals surface area contributed by atoms with Crippen LogP contribution in [-0.2, 0) is 26.2 Å². The lowest BCUT2D eigenvalue weighted by Crippen LogP contribution is -2.52. The zero-order valence-corrected chi connectivity index (χ0v) is 25.3. The van der Waals surface area contributed by atoms with Crippen molar-refractivity contribution < 1.29 is 18.0 Å². The van der Waals surface area contributed by atoms with Crippen LogP contribution in [0.3, 0.4) is 0 Å². The van der Waals surface area contributed by atoms with Gasteiger partial charge in [-0.05, 0) is 61.2 Å². The fourth-order valence-corrected chi connectivity index (χ4v) is 6.19. The second-order valence-corrected chi connectivity index (χ2v) is 12.1. The normalized spacial score (nSPS) is 12.0. The summed E-state index contributed by atoms with van der Waals surface area (Å²) >= 11 is 12.8. The van der Waals surface area contributed by atoms with E-state index in [1.54, 1.807) is 67.6 Å². The highest BCUT2D eigenvalue weighted by Crippen LogP contribution is 2.31. The molecule has 3 aromatic rings. The SMILES string of the molecule is CCCCNC(=O)[C@@H](CC)N(Cc1ccccc1Cl)C(=O)CN(c1cccc(Cl)c1C)S(=O)(=O)c1ccccc1. The van der Waals surface area contributed by atoms with E-state index in [4.69, 9.17) is 23.2 Å². The maximum Gasteiger partial charge on any atom is 0.264 e. The summed E-state index contributed by atoms with van der Waals surface area (Å²) < 4.78 is 28.9. The van der Waals surface area contributed by atoms with Gasteiger partial charge in [0.2, 0.25) is 11.8 Å². The van der Waals surface area contributed by atoms with Crippen molar-refractivity contribution in [2.75, 3.05) is 17.4 Å². The molecule has 0 saturated heterocycles. The van der Waals surface area contributed by atoms with E-state index in [2.05, 4.69) is 5.32 Å². The van der Waals surface area contributed by atoms with Crippen molar-refractivity contribution in [3.63, 3.8) is 0 Å². The van der Waals surface area contributed by atoms with Crippen molar-refractivity contribution in [1.82, 2.24) is 10.2 Å². The van der Waals surface area contributed by atoms with Gasteiger partial charge in [-0.15, -0.1) is 0 Å². The Labute approximate surface area is 247 Å². The van der Waals surface area contributed by atoms with Crippen molar-refractivity contribution >= 4 is 50.7 Å². The minimum atomic E-state index is -4.17. The number of amides is 2. The number of nitrogens with zero attached hydrogens (tertiary/aromatic N) is 2. The quantitative estimate of drug-likeness (QED) is 0.235. The second-order valence-electron chi connectivity index (χ2n) is 9.39. The molecule has 0 spiro atoms. The fraction of sp³-hybridized carbons (Fsp3) is 0.333. The van der Waals surface area contributed by atoms with E-state index >= 15 is 0 Å². The van der Waals surface area contributed by atoms with Gasteiger partial charge in [-0.1, -0.05) is 85.9 Å². The molecule has 0 aliphatic rings. The van der Waals surface area contributed by atoms with E-state index in [0.717, 1.165) is 17.1 Å².